The van der Waals surface area contributed by atoms with Crippen molar-refractivity contribution < 1.29 is 9.53 Å². The van der Waals surface area contributed by atoms with Crippen LogP contribution in [0.4, 0.5) is 0 Å². The Morgan fingerprint density at radius 3 is 2.48 bits per heavy atom. The number of aromatic nitrogens is 1. The molecule has 0 aliphatic heterocycles. The lowest BCUT2D eigenvalue weighted by Gasteiger charge is -2.09. The summed E-state index contributed by atoms with van der Waals surface area (Å²) in [5, 5.41) is 4.14. The second kappa shape index (κ2) is 9.73. The van der Waals surface area contributed by atoms with Gasteiger partial charge in [-0.25, -0.2) is 5.43 Å². The third-order valence-electron chi connectivity index (χ3n) is 4.51. The number of halogens is 1. The first-order chi connectivity index (χ1) is 14.0. The van der Waals surface area contributed by atoms with Gasteiger partial charge in [0.2, 0.25) is 0 Å². The average molecular weight is 501 g/mol. The topological polar surface area (TPSA) is 55.6 Å². The summed E-state index contributed by atoms with van der Waals surface area (Å²) in [6.07, 6.45) is 2.63. The zero-order valence-electron chi connectivity index (χ0n) is 16.8. The molecule has 0 unspecified atom stereocenters. The first kappa shape index (κ1) is 21.1. The van der Waals surface area contributed by atoms with Crippen LogP contribution in [0.2, 0.25) is 0 Å². The molecule has 0 radical (unpaired) electrons. The molecule has 2 aromatic carbocycles. The first-order valence-corrected chi connectivity index (χ1v) is 10.6. The number of carbonyl (C=O) groups is 1. The molecule has 1 heterocycles. The number of hydrogen-bond donors (Lipinski definition) is 1. The molecule has 29 heavy (non-hydrogen) atoms. The molecule has 6 heteroatoms. The minimum atomic E-state index is -0.255. The van der Waals surface area contributed by atoms with Crippen molar-refractivity contribution >= 4 is 34.7 Å². The van der Waals surface area contributed by atoms with Crippen molar-refractivity contribution in [1.82, 2.24) is 9.99 Å². The minimum Gasteiger partial charge on any atom is -0.494 e. The highest BCUT2D eigenvalue weighted by Gasteiger charge is 2.10. The molecule has 0 saturated carbocycles. The minimum absolute atomic E-state index is 0.255. The van der Waals surface area contributed by atoms with Crippen LogP contribution in [0.3, 0.4) is 0 Å². The third kappa shape index (κ3) is 5.26. The van der Waals surface area contributed by atoms with Gasteiger partial charge < -0.3 is 9.30 Å². The van der Waals surface area contributed by atoms with E-state index in [0.29, 0.717) is 12.2 Å². The van der Waals surface area contributed by atoms with Gasteiger partial charge in [-0.3, -0.25) is 4.79 Å². The van der Waals surface area contributed by atoms with E-state index >= 15 is 0 Å². The molecule has 0 aliphatic carbocycles. The lowest BCUT2D eigenvalue weighted by molar-refractivity contribution is 0.0955. The molecule has 3 rings (SSSR count). The molecule has 0 saturated heterocycles. The highest BCUT2D eigenvalue weighted by Crippen LogP contribution is 2.20. The summed E-state index contributed by atoms with van der Waals surface area (Å²) < 4.78 is 8.91. The number of nitrogens with zero attached hydrogens (tertiary/aromatic N) is 2. The van der Waals surface area contributed by atoms with Gasteiger partial charge in [0.05, 0.1) is 12.8 Å². The Morgan fingerprint density at radius 1 is 1.14 bits per heavy atom. The van der Waals surface area contributed by atoms with Gasteiger partial charge in [0.15, 0.2) is 0 Å². The number of rotatable bonds is 7. The summed E-state index contributed by atoms with van der Waals surface area (Å²) in [6, 6.07) is 17.5. The Balaban J connectivity index is 1.68. The molecule has 0 aliphatic rings. The average Bonchev–Trinajstić information content (AvgIpc) is 3.00. The molecule has 0 spiro atoms. The summed E-state index contributed by atoms with van der Waals surface area (Å²) in [4.78, 5) is 12.3. The Morgan fingerprint density at radius 2 is 1.83 bits per heavy atom. The van der Waals surface area contributed by atoms with Crippen LogP contribution in [0.25, 0.3) is 5.69 Å². The predicted molar refractivity (Wildman–Crippen MR) is 125 cm³/mol. The molecule has 1 aromatic heterocycles. The van der Waals surface area contributed by atoms with Crippen molar-refractivity contribution in [3.63, 3.8) is 0 Å². The molecule has 0 bridgehead atoms. The lowest BCUT2D eigenvalue weighted by atomic mass is 10.2. The van der Waals surface area contributed by atoms with Crippen LogP contribution in [0, 0.1) is 17.4 Å². The van der Waals surface area contributed by atoms with Crippen LogP contribution in [0.15, 0.2) is 59.7 Å². The van der Waals surface area contributed by atoms with Crippen LogP contribution in [0.5, 0.6) is 5.75 Å². The van der Waals surface area contributed by atoms with E-state index in [0.717, 1.165) is 34.8 Å². The van der Waals surface area contributed by atoms with Gasteiger partial charge in [0.1, 0.15) is 5.75 Å². The van der Waals surface area contributed by atoms with E-state index in [-0.39, 0.29) is 5.91 Å². The maximum Gasteiger partial charge on any atom is 0.271 e. The lowest BCUT2D eigenvalue weighted by Crippen LogP contribution is -2.17. The number of hydrazone groups is 1. The van der Waals surface area contributed by atoms with Gasteiger partial charge in [0, 0.05) is 31.8 Å². The Kier molecular flexibility index (Phi) is 7.09. The number of ether oxygens (including phenoxy) is 1. The van der Waals surface area contributed by atoms with E-state index in [9.17, 15) is 4.79 Å². The maximum atomic E-state index is 12.3. The molecular formula is C23H24IN3O2. The molecule has 1 amide bonds. The smallest absolute Gasteiger partial charge is 0.271 e. The summed E-state index contributed by atoms with van der Waals surface area (Å²) in [5.74, 6) is 0.504. The van der Waals surface area contributed by atoms with Crippen molar-refractivity contribution in [2.75, 3.05) is 6.61 Å². The van der Waals surface area contributed by atoms with Crippen molar-refractivity contribution in [3.8, 4) is 11.4 Å². The highest BCUT2D eigenvalue weighted by molar-refractivity contribution is 14.1. The number of benzene rings is 2. The Labute approximate surface area is 184 Å². The fraction of sp³-hybridized carbons (Fsp3) is 0.217. The molecule has 3 aromatic rings. The number of amides is 1. The van der Waals surface area contributed by atoms with Gasteiger partial charge in [0.25, 0.3) is 5.91 Å². The van der Waals surface area contributed by atoms with Gasteiger partial charge in [-0.1, -0.05) is 6.92 Å². The molecule has 0 atom stereocenters. The molecular weight excluding hydrogens is 477 g/mol. The van der Waals surface area contributed by atoms with E-state index in [1.54, 1.807) is 30.5 Å². The molecule has 0 fully saturated rings. The van der Waals surface area contributed by atoms with Crippen molar-refractivity contribution in [1.29, 1.82) is 0 Å². The van der Waals surface area contributed by atoms with Crippen LogP contribution < -0.4 is 10.2 Å². The van der Waals surface area contributed by atoms with Crippen LogP contribution in [-0.4, -0.2) is 23.3 Å². The van der Waals surface area contributed by atoms with Gasteiger partial charge >= 0.3 is 0 Å². The van der Waals surface area contributed by atoms with E-state index in [2.05, 4.69) is 81.9 Å². The van der Waals surface area contributed by atoms with E-state index in [1.165, 1.54) is 3.57 Å². The fourth-order valence-corrected chi connectivity index (χ4v) is 3.41. The molecule has 5 nitrogen and oxygen atoms in total. The second-order valence-corrected chi connectivity index (χ2v) is 7.96. The zero-order valence-corrected chi connectivity index (χ0v) is 18.9. The first-order valence-electron chi connectivity index (χ1n) is 9.50. The summed E-state index contributed by atoms with van der Waals surface area (Å²) in [7, 11) is 0. The van der Waals surface area contributed by atoms with E-state index in [4.69, 9.17) is 4.74 Å². The van der Waals surface area contributed by atoms with E-state index < -0.39 is 0 Å². The largest absolute Gasteiger partial charge is 0.494 e. The van der Waals surface area contributed by atoms with Crippen molar-refractivity contribution in [2.45, 2.75) is 27.2 Å². The normalized spacial score (nSPS) is 11.0. The van der Waals surface area contributed by atoms with Gasteiger partial charge in [-0.05, 0) is 97.5 Å². The van der Waals surface area contributed by atoms with Crippen LogP contribution in [-0.2, 0) is 0 Å². The predicted octanol–water partition coefficient (Wildman–Crippen LogP) is 5.25. The van der Waals surface area contributed by atoms with Gasteiger partial charge in [-0.2, -0.15) is 5.10 Å². The number of hydrogen-bond acceptors (Lipinski definition) is 3. The van der Waals surface area contributed by atoms with Crippen LogP contribution in [0.1, 0.15) is 40.7 Å². The Bertz CT molecular complexity index is 1010. The standard InChI is InChI=1S/C23H24IN3O2/c1-4-13-29-22-11-5-18(6-12-22)23(28)26-25-15-19-14-16(2)27(17(19)3)21-9-7-20(24)8-10-21/h5-12,14-15H,4,13H2,1-3H3,(H,26,28)/b25-15-. The maximum absolute atomic E-state index is 12.3. The summed E-state index contributed by atoms with van der Waals surface area (Å²) in [6.45, 7) is 6.82. The van der Waals surface area contributed by atoms with E-state index in [1.807, 2.05) is 6.92 Å². The van der Waals surface area contributed by atoms with Gasteiger partial charge in [-0.15, -0.1) is 0 Å². The monoisotopic (exact) mass is 501 g/mol. The van der Waals surface area contributed by atoms with Crippen molar-refractivity contribution in [3.05, 3.63) is 80.7 Å². The summed E-state index contributed by atoms with van der Waals surface area (Å²) >= 11 is 2.30. The summed E-state index contributed by atoms with van der Waals surface area (Å²) in [5.41, 5.74) is 7.38. The number of nitrogens with one attached hydrogen (secondary N) is 1. The number of aryl methyl sites for hydroxylation is 1. The molecule has 150 valence electrons. The Hall–Kier alpha value is -2.61. The molecule has 1 N–H and O–H groups in total. The quantitative estimate of drug-likeness (QED) is 0.273. The third-order valence-corrected chi connectivity index (χ3v) is 5.23. The fourth-order valence-electron chi connectivity index (χ4n) is 3.05. The zero-order chi connectivity index (χ0) is 20.8. The SMILES string of the molecule is CCCOc1ccc(C(=O)N/N=C\c2cc(C)n(-c3ccc(I)cc3)c2C)cc1. The highest BCUT2D eigenvalue weighted by atomic mass is 127. The van der Waals surface area contributed by atoms with Crippen LogP contribution >= 0.6 is 22.6 Å². The number of carbonyl (C=O) groups excluding carboxylic acids is 1. The second-order valence-electron chi connectivity index (χ2n) is 6.71. The van der Waals surface area contributed by atoms with Crippen molar-refractivity contribution in [2.24, 2.45) is 5.10 Å².